The van der Waals surface area contributed by atoms with Gasteiger partial charge in [-0.15, -0.1) is 0 Å². The largest absolute Gasteiger partial charge is 0.416 e. The van der Waals surface area contributed by atoms with Crippen LogP contribution in [-0.2, 0) is 6.18 Å². The second kappa shape index (κ2) is 6.58. The van der Waals surface area contributed by atoms with Gasteiger partial charge in [0.15, 0.2) is 0 Å². The van der Waals surface area contributed by atoms with Crippen molar-refractivity contribution < 1.29 is 13.2 Å². The summed E-state index contributed by atoms with van der Waals surface area (Å²) < 4.78 is 38.6. The highest BCUT2D eigenvalue weighted by atomic mass is 35.5. The first-order chi connectivity index (χ1) is 11.3. The molecule has 1 aromatic heterocycles. The monoisotopic (exact) mass is 389 g/mol. The number of halogens is 5. The molecule has 3 rings (SSSR count). The van der Waals surface area contributed by atoms with Crippen molar-refractivity contribution in [2.75, 3.05) is 5.43 Å². The van der Waals surface area contributed by atoms with Gasteiger partial charge in [0.25, 0.3) is 0 Å². The van der Waals surface area contributed by atoms with Gasteiger partial charge in [-0.05, 0) is 30.3 Å². The molecule has 0 saturated heterocycles. The van der Waals surface area contributed by atoms with Crippen LogP contribution < -0.4 is 5.43 Å². The molecule has 2 aromatic carbocycles. The number of nitrogens with zero attached hydrogens (tertiary/aromatic N) is 2. The molecule has 1 heterocycles. The van der Waals surface area contributed by atoms with Crippen LogP contribution in [0.15, 0.2) is 41.5 Å². The van der Waals surface area contributed by atoms with Gasteiger partial charge in [0, 0.05) is 10.6 Å². The molecule has 124 valence electrons. The van der Waals surface area contributed by atoms with E-state index in [1.165, 1.54) is 23.6 Å². The summed E-state index contributed by atoms with van der Waals surface area (Å²) in [4.78, 5) is 4.31. The van der Waals surface area contributed by atoms with Crippen molar-refractivity contribution in [3.63, 3.8) is 0 Å². The topological polar surface area (TPSA) is 37.3 Å². The number of rotatable bonds is 3. The van der Waals surface area contributed by atoms with E-state index < -0.39 is 11.7 Å². The van der Waals surface area contributed by atoms with Gasteiger partial charge in [0.2, 0.25) is 5.13 Å². The quantitative estimate of drug-likeness (QED) is 0.436. The maximum absolute atomic E-state index is 12.6. The van der Waals surface area contributed by atoms with Gasteiger partial charge in [-0.1, -0.05) is 40.6 Å². The number of thiazole rings is 1. The number of anilines is 1. The van der Waals surface area contributed by atoms with Crippen LogP contribution in [0.2, 0.25) is 10.0 Å². The summed E-state index contributed by atoms with van der Waals surface area (Å²) >= 11 is 13.1. The van der Waals surface area contributed by atoms with Gasteiger partial charge >= 0.3 is 6.18 Å². The van der Waals surface area contributed by atoms with Crippen LogP contribution in [0.25, 0.3) is 10.2 Å². The van der Waals surface area contributed by atoms with Crippen molar-refractivity contribution in [2.45, 2.75) is 6.18 Å². The Morgan fingerprint density at radius 1 is 1.12 bits per heavy atom. The van der Waals surface area contributed by atoms with E-state index in [0.29, 0.717) is 15.7 Å². The molecule has 0 fully saturated rings. The van der Waals surface area contributed by atoms with E-state index >= 15 is 0 Å². The van der Waals surface area contributed by atoms with Crippen molar-refractivity contribution in [1.82, 2.24) is 4.98 Å². The highest BCUT2D eigenvalue weighted by molar-refractivity contribution is 7.22. The van der Waals surface area contributed by atoms with Crippen LogP contribution in [0.1, 0.15) is 11.1 Å². The van der Waals surface area contributed by atoms with Gasteiger partial charge in [0.05, 0.1) is 27.0 Å². The van der Waals surface area contributed by atoms with Crippen LogP contribution in [0.3, 0.4) is 0 Å². The number of hydrogen-bond donors (Lipinski definition) is 1. The fourth-order valence-corrected chi connectivity index (χ4v) is 3.23. The first-order valence-electron chi connectivity index (χ1n) is 6.55. The molecule has 0 aliphatic carbocycles. The van der Waals surface area contributed by atoms with Gasteiger partial charge in [-0.3, -0.25) is 5.43 Å². The first kappa shape index (κ1) is 17.0. The Kier molecular flexibility index (Phi) is 4.67. The molecule has 0 atom stereocenters. The second-order valence-electron chi connectivity index (χ2n) is 4.74. The zero-order valence-electron chi connectivity index (χ0n) is 11.7. The zero-order valence-corrected chi connectivity index (χ0v) is 14.1. The molecule has 9 heteroatoms. The number of fused-ring (bicyclic) bond motifs is 1. The molecule has 0 spiro atoms. The third kappa shape index (κ3) is 3.80. The Hall–Kier alpha value is -1.83. The smallest absolute Gasteiger partial charge is 0.253 e. The lowest BCUT2D eigenvalue weighted by Crippen LogP contribution is -2.05. The lowest BCUT2D eigenvalue weighted by molar-refractivity contribution is -0.137. The van der Waals surface area contributed by atoms with Gasteiger partial charge < -0.3 is 0 Å². The van der Waals surface area contributed by atoms with Crippen molar-refractivity contribution in [1.29, 1.82) is 0 Å². The summed E-state index contributed by atoms with van der Waals surface area (Å²) in [6.07, 6.45) is -3.10. The lowest BCUT2D eigenvalue weighted by Gasteiger charge is -2.07. The first-order valence-corrected chi connectivity index (χ1v) is 8.12. The van der Waals surface area contributed by atoms with Crippen molar-refractivity contribution in [3.05, 3.63) is 57.6 Å². The van der Waals surface area contributed by atoms with Gasteiger partial charge in [0.1, 0.15) is 0 Å². The molecule has 3 nitrogen and oxygen atoms in total. The van der Waals surface area contributed by atoms with E-state index in [9.17, 15) is 13.2 Å². The van der Waals surface area contributed by atoms with Gasteiger partial charge in [-0.25, -0.2) is 4.98 Å². The summed E-state index contributed by atoms with van der Waals surface area (Å²) in [6.45, 7) is 0. The third-order valence-corrected chi connectivity index (χ3v) is 4.53. The Morgan fingerprint density at radius 2 is 1.92 bits per heavy atom. The highest BCUT2D eigenvalue weighted by Crippen LogP contribution is 2.32. The van der Waals surface area contributed by atoms with E-state index in [-0.39, 0.29) is 5.02 Å². The molecule has 3 aromatic rings. The molecular weight excluding hydrogens is 382 g/mol. The molecule has 0 aliphatic heterocycles. The highest BCUT2D eigenvalue weighted by Gasteiger charge is 2.30. The van der Waals surface area contributed by atoms with E-state index in [2.05, 4.69) is 15.5 Å². The number of alkyl halides is 3. The minimum absolute atomic E-state index is 0.0357. The average molecular weight is 390 g/mol. The Labute approximate surface area is 148 Å². The molecule has 0 unspecified atom stereocenters. The minimum atomic E-state index is -4.43. The van der Waals surface area contributed by atoms with E-state index in [0.717, 1.165) is 22.3 Å². The molecule has 0 bridgehead atoms. The molecule has 1 N–H and O–H groups in total. The van der Waals surface area contributed by atoms with Gasteiger partial charge in [-0.2, -0.15) is 18.3 Å². The average Bonchev–Trinajstić information content (AvgIpc) is 2.89. The predicted octanol–water partition coefficient (Wildman–Crippen LogP) is 6.07. The van der Waals surface area contributed by atoms with Crippen LogP contribution in [0.4, 0.5) is 18.3 Å². The lowest BCUT2D eigenvalue weighted by atomic mass is 10.1. The standard InChI is InChI=1S/C15H8Cl2F3N3S/c16-10-3-4-12-13(6-10)24-14(22-12)23-21-7-8-1-2-9(5-11(8)17)15(18,19)20/h1-7H,(H,22,23)/b21-7-. The Bertz CT molecular complexity index is 922. The van der Waals surface area contributed by atoms with Crippen molar-refractivity contribution in [3.8, 4) is 0 Å². The van der Waals surface area contributed by atoms with E-state index in [4.69, 9.17) is 23.2 Å². The molecule has 0 aliphatic rings. The molecular formula is C15H8Cl2F3N3S. The Morgan fingerprint density at radius 3 is 2.62 bits per heavy atom. The third-order valence-electron chi connectivity index (χ3n) is 3.04. The van der Waals surface area contributed by atoms with Crippen molar-refractivity contribution in [2.24, 2.45) is 5.10 Å². The fourth-order valence-electron chi connectivity index (χ4n) is 1.91. The van der Waals surface area contributed by atoms with Crippen LogP contribution in [0.5, 0.6) is 0 Å². The maximum Gasteiger partial charge on any atom is 0.416 e. The predicted molar refractivity (Wildman–Crippen MR) is 92.3 cm³/mol. The van der Waals surface area contributed by atoms with E-state index in [1.54, 1.807) is 18.2 Å². The molecule has 0 amide bonds. The number of benzene rings is 2. The summed E-state index contributed by atoms with van der Waals surface area (Å²) in [5.41, 5.74) is 3.06. The summed E-state index contributed by atoms with van der Waals surface area (Å²) in [7, 11) is 0. The van der Waals surface area contributed by atoms with Crippen LogP contribution in [0, 0.1) is 0 Å². The fraction of sp³-hybridized carbons (Fsp3) is 0.0667. The van der Waals surface area contributed by atoms with Crippen molar-refractivity contribution >= 4 is 56.1 Å². The van der Waals surface area contributed by atoms with E-state index in [1.807, 2.05) is 0 Å². The summed E-state index contributed by atoms with van der Waals surface area (Å²) in [5, 5.41) is 5.06. The molecule has 24 heavy (non-hydrogen) atoms. The maximum atomic E-state index is 12.6. The minimum Gasteiger partial charge on any atom is -0.253 e. The number of hydrogen-bond acceptors (Lipinski definition) is 4. The molecule has 0 radical (unpaired) electrons. The molecule has 0 saturated carbocycles. The summed E-state index contributed by atoms with van der Waals surface area (Å²) in [6, 6.07) is 8.38. The second-order valence-corrected chi connectivity index (χ2v) is 6.61. The normalized spacial score (nSPS) is 12.2. The van der Waals surface area contributed by atoms with Crippen LogP contribution >= 0.6 is 34.5 Å². The number of hydrazone groups is 1. The number of nitrogens with one attached hydrogen (secondary N) is 1. The van der Waals surface area contributed by atoms with Crippen LogP contribution in [-0.4, -0.2) is 11.2 Å². The Balaban J connectivity index is 1.75. The SMILES string of the molecule is FC(F)(F)c1ccc(/C=N\Nc2nc3ccc(Cl)cc3s2)c(Cl)c1. The number of aromatic nitrogens is 1. The zero-order chi connectivity index (χ0) is 17.3. The summed E-state index contributed by atoms with van der Waals surface area (Å²) in [5.74, 6) is 0.